The summed E-state index contributed by atoms with van der Waals surface area (Å²) in [6.45, 7) is 4.07. The first-order chi connectivity index (χ1) is 8.18. The summed E-state index contributed by atoms with van der Waals surface area (Å²) in [6.07, 6.45) is 3.65. The highest BCUT2D eigenvalue weighted by Crippen LogP contribution is 2.21. The molecule has 0 aliphatic rings. The van der Waals surface area contributed by atoms with Crippen molar-refractivity contribution in [2.75, 3.05) is 0 Å². The number of aliphatic hydroxyl groups is 1. The Labute approximate surface area is 102 Å². The highest BCUT2D eigenvalue weighted by molar-refractivity contribution is 5.30. The maximum atomic E-state index is 10.2. The van der Waals surface area contributed by atoms with Gasteiger partial charge < -0.3 is 5.11 Å². The van der Waals surface area contributed by atoms with E-state index in [9.17, 15) is 5.11 Å². The molecule has 2 nitrogen and oxygen atoms in total. The minimum absolute atomic E-state index is 0.482. The summed E-state index contributed by atoms with van der Waals surface area (Å²) >= 11 is 0. The van der Waals surface area contributed by atoms with Crippen LogP contribution in [0.25, 0.3) is 0 Å². The number of hydrogen-bond acceptors (Lipinski definition) is 2. The summed E-state index contributed by atoms with van der Waals surface area (Å²) in [5, 5.41) is 10.2. The summed E-state index contributed by atoms with van der Waals surface area (Å²) in [4.78, 5) is 4.07. The molecule has 17 heavy (non-hydrogen) atoms. The van der Waals surface area contributed by atoms with E-state index in [0.717, 1.165) is 11.1 Å². The Morgan fingerprint density at radius 2 is 1.88 bits per heavy atom. The second-order valence-electron chi connectivity index (χ2n) is 4.38. The third kappa shape index (κ3) is 2.71. The molecular weight excluding hydrogens is 210 g/mol. The highest BCUT2D eigenvalue weighted by atomic mass is 16.3. The van der Waals surface area contributed by atoms with Crippen LogP contribution in [-0.4, -0.2) is 10.1 Å². The molecule has 0 amide bonds. The normalized spacial score (nSPS) is 12.4. The van der Waals surface area contributed by atoms with Gasteiger partial charge in [-0.3, -0.25) is 4.98 Å². The van der Waals surface area contributed by atoms with Crippen LogP contribution in [0.2, 0.25) is 0 Å². The van der Waals surface area contributed by atoms with Crippen molar-refractivity contribution in [2.24, 2.45) is 0 Å². The van der Waals surface area contributed by atoms with Crippen LogP contribution in [0.5, 0.6) is 0 Å². The monoisotopic (exact) mass is 227 g/mol. The number of pyridine rings is 1. The lowest BCUT2D eigenvalue weighted by Gasteiger charge is -2.14. The molecule has 1 aromatic carbocycles. The van der Waals surface area contributed by atoms with Crippen molar-refractivity contribution in [1.82, 2.24) is 4.98 Å². The fourth-order valence-electron chi connectivity index (χ4n) is 1.98. The Hall–Kier alpha value is -1.67. The second kappa shape index (κ2) is 5.11. The molecule has 1 N–H and O–H groups in total. The van der Waals surface area contributed by atoms with Gasteiger partial charge in [0.1, 0.15) is 0 Å². The molecule has 0 saturated heterocycles. The first-order valence-corrected chi connectivity index (χ1v) is 5.81. The zero-order valence-corrected chi connectivity index (χ0v) is 10.2. The molecule has 1 aromatic heterocycles. The minimum Gasteiger partial charge on any atom is -0.388 e. The summed E-state index contributed by atoms with van der Waals surface area (Å²) in [5.41, 5.74) is 4.40. The van der Waals surface area contributed by atoms with Crippen LogP contribution < -0.4 is 0 Å². The zero-order valence-electron chi connectivity index (χ0n) is 10.2. The van der Waals surface area contributed by atoms with E-state index in [1.165, 1.54) is 11.1 Å². The molecule has 0 saturated carbocycles. The number of benzene rings is 1. The topological polar surface area (TPSA) is 33.1 Å². The molecule has 2 aromatic rings. The smallest absolute Gasteiger partial charge is 0.0847 e. The summed E-state index contributed by atoms with van der Waals surface area (Å²) in [5.74, 6) is 0. The van der Waals surface area contributed by atoms with Gasteiger partial charge in [0, 0.05) is 24.4 Å². The van der Waals surface area contributed by atoms with Crippen molar-refractivity contribution >= 4 is 0 Å². The van der Waals surface area contributed by atoms with Gasteiger partial charge in [-0.05, 0) is 36.6 Å². The Morgan fingerprint density at radius 1 is 1.12 bits per heavy atom. The van der Waals surface area contributed by atoms with E-state index in [1.807, 2.05) is 25.1 Å². The van der Waals surface area contributed by atoms with Gasteiger partial charge in [0.05, 0.1) is 6.10 Å². The fourth-order valence-corrected chi connectivity index (χ4v) is 1.98. The number of nitrogens with zero attached hydrogens (tertiary/aromatic N) is 1. The predicted molar refractivity (Wildman–Crippen MR) is 68.8 cm³/mol. The molecule has 0 radical (unpaired) electrons. The average Bonchev–Trinajstić information content (AvgIpc) is 2.32. The van der Waals surface area contributed by atoms with Crippen molar-refractivity contribution in [3.8, 4) is 0 Å². The molecule has 1 heterocycles. The molecule has 0 aliphatic carbocycles. The number of aromatic nitrogens is 1. The zero-order chi connectivity index (χ0) is 12.3. The Morgan fingerprint density at radius 3 is 2.59 bits per heavy atom. The fraction of sp³-hybridized carbons (Fsp3) is 0.267. The van der Waals surface area contributed by atoms with Gasteiger partial charge in [0.2, 0.25) is 0 Å². The van der Waals surface area contributed by atoms with Gasteiger partial charge >= 0.3 is 0 Å². The lowest BCUT2D eigenvalue weighted by molar-refractivity contribution is 0.177. The lowest BCUT2D eigenvalue weighted by Crippen LogP contribution is -2.05. The molecule has 1 atom stereocenters. The lowest BCUT2D eigenvalue weighted by atomic mass is 9.97. The van der Waals surface area contributed by atoms with Crippen LogP contribution in [0, 0.1) is 13.8 Å². The standard InChI is InChI=1S/C15H17NO/c1-11-5-3-4-6-13(11)9-15(17)14-10-16-8-7-12(14)2/h3-8,10,15,17H,9H2,1-2H3. The minimum atomic E-state index is -0.482. The van der Waals surface area contributed by atoms with E-state index in [2.05, 4.69) is 24.0 Å². The molecule has 2 heteroatoms. The van der Waals surface area contributed by atoms with Gasteiger partial charge in [-0.25, -0.2) is 0 Å². The van der Waals surface area contributed by atoms with E-state index >= 15 is 0 Å². The largest absolute Gasteiger partial charge is 0.388 e. The molecule has 0 fully saturated rings. The maximum Gasteiger partial charge on any atom is 0.0847 e. The van der Waals surface area contributed by atoms with Crippen LogP contribution in [0.1, 0.15) is 28.4 Å². The summed E-state index contributed by atoms with van der Waals surface area (Å²) in [7, 11) is 0. The average molecular weight is 227 g/mol. The Bertz CT molecular complexity index is 508. The summed E-state index contributed by atoms with van der Waals surface area (Å²) < 4.78 is 0. The number of hydrogen-bond donors (Lipinski definition) is 1. The number of aliphatic hydroxyl groups excluding tert-OH is 1. The van der Waals surface area contributed by atoms with Crippen LogP contribution in [-0.2, 0) is 6.42 Å². The predicted octanol–water partition coefficient (Wildman–Crippen LogP) is 2.97. The summed E-state index contributed by atoms with van der Waals surface area (Å²) in [6, 6.07) is 10.1. The van der Waals surface area contributed by atoms with Crippen LogP contribution in [0.3, 0.4) is 0 Å². The Kier molecular flexibility index (Phi) is 3.55. The maximum absolute atomic E-state index is 10.2. The molecule has 0 spiro atoms. The second-order valence-corrected chi connectivity index (χ2v) is 4.38. The number of rotatable bonds is 3. The van der Waals surface area contributed by atoms with Crippen molar-refractivity contribution in [3.05, 3.63) is 65.0 Å². The molecule has 1 unspecified atom stereocenters. The Balaban J connectivity index is 2.20. The van der Waals surface area contributed by atoms with Crippen molar-refractivity contribution in [2.45, 2.75) is 26.4 Å². The molecular formula is C15H17NO. The third-order valence-electron chi connectivity index (χ3n) is 3.11. The van der Waals surface area contributed by atoms with Crippen LogP contribution >= 0.6 is 0 Å². The van der Waals surface area contributed by atoms with Gasteiger partial charge in [-0.2, -0.15) is 0 Å². The van der Waals surface area contributed by atoms with E-state index in [1.54, 1.807) is 12.4 Å². The van der Waals surface area contributed by atoms with Crippen LogP contribution in [0.4, 0.5) is 0 Å². The SMILES string of the molecule is Cc1ccccc1CC(O)c1cnccc1C. The molecule has 0 aliphatic heterocycles. The third-order valence-corrected chi connectivity index (χ3v) is 3.11. The van der Waals surface area contributed by atoms with Gasteiger partial charge in [-0.15, -0.1) is 0 Å². The van der Waals surface area contributed by atoms with Crippen molar-refractivity contribution in [1.29, 1.82) is 0 Å². The quantitative estimate of drug-likeness (QED) is 0.874. The van der Waals surface area contributed by atoms with Gasteiger partial charge in [-0.1, -0.05) is 24.3 Å². The first kappa shape index (κ1) is 11.8. The van der Waals surface area contributed by atoms with Crippen LogP contribution in [0.15, 0.2) is 42.7 Å². The van der Waals surface area contributed by atoms with Gasteiger partial charge in [0.25, 0.3) is 0 Å². The number of aryl methyl sites for hydroxylation is 2. The molecule has 88 valence electrons. The van der Waals surface area contributed by atoms with E-state index in [-0.39, 0.29) is 0 Å². The first-order valence-electron chi connectivity index (χ1n) is 5.81. The van der Waals surface area contributed by atoms with Crippen molar-refractivity contribution in [3.63, 3.8) is 0 Å². The van der Waals surface area contributed by atoms with Gasteiger partial charge in [0.15, 0.2) is 0 Å². The highest BCUT2D eigenvalue weighted by Gasteiger charge is 2.12. The van der Waals surface area contributed by atoms with E-state index in [4.69, 9.17) is 0 Å². The van der Waals surface area contributed by atoms with E-state index in [0.29, 0.717) is 6.42 Å². The molecule has 2 rings (SSSR count). The van der Waals surface area contributed by atoms with Crippen molar-refractivity contribution < 1.29 is 5.11 Å². The molecule has 0 bridgehead atoms. The van der Waals surface area contributed by atoms with E-state index < -0.39 is 6.10 Å².